The van der Waals surface area contributed by atoms with E-state index < -0.39 is 0 Å². The van der Waals surface area contributed by atoms with Crippen LogP contribution in [0.3, 0.4) is 0 Å². The normalized spacial score (nSPS) is 16.4. The second-order valence-corrected chi connectivity index (χ2v) is 8.82. The fraction of sp³-hybridized carbons (Fsp3) is 0.276. The van der Waals surface area contributed by atoms with E-state index >= 15 is 0 Å². The van der Waals surface area contributed by atoms with Crippen LogP contribution in [0.15, 0.2) is 78.6 Å². The Morgan fingerprint density at radius 2 is 1.54 bits per heavy atom. The molecule has 2 aliphatic rings. The molecule has 3 aromatic carbocycles. The highest BCUT2D eigenvalue weighted by molar-refractivity contribution is 6.14. The molecule has 0 aromatic heterocycles. The molecule has 6 nitrogen and oxygen atoms in total. The van der Waals surface area contributed by atoms with E-state index in [2.05, 4.69) is 40.1 Å². The van der Waals surface area contributed by atoms with Crippen LogP contribution in [0.5, 0.6) is 17.2 Å². The molecule has 0 saturated carbocycles. The summed E-state index contributed by atoms with van der Waals surface area (Å²) in [5, 5.41) is 0. The summed E-state index contributed by atoms with van der Waals surface area (Å²) in [6.45, 7) is 6.68. The lowest BCUT2D eigenvalue weighted by molar-refractivity contribution is 0.101. The number of carbonyl (C=O) groups is 1. The summed E-state index contributed by atoms with van der Waals surface area (Å²) < 4.78 is 17.0. The van der Waals surface area contributed by atoms with Crippen LogP contribution in [-0.4, -0.2) is 62.0 Å². The Labute approximate surface area is 230 Å². The molecule has 37 heavy (non-hydrogen) atoms. The zero-order valence-electron chi connectivity index (χ0n) is 20.8. The predicted molar refractivity (Wildman–Crippen MR) is 151 cm³/mol. The van der Waals surface area contributed by atoms with Crippen LogP contribution in [0.4, 0.5) is 0 Å². The fourth-order valence-corrected chi connectivity index (χ4v) is 4.41. The Morgan fingerprint density at radius 3 is 2.24 bits per heavy atom. The topological polar surface area (TPSA) is 51.2 Å². The van der Waals surface area contributed by atoms with E-state index in [0.717, 1.165) is 50.6 Å². The molecule has 1 fully saturated rings. The number of hydrogen-bond acceptors (Lipinski definition) is 6. The second kappa shape index (κ2) is 13.5. The maximum Gasteiger partial charge on any atom is 0.231 e. The maximum atomic E-state index is 12.7. The molecule has 0 aliphatic carbocycles. The minimum atomic E-state index is -0.115. The van der Waals surface area contributed by atoms with Gasteiger partial charge < -0.3 is 14.2 Å². The maximum absolute atomic E-state index is 12.7. The molecular formula is C29H32Cl2N2O4. The number of ketones is 1. The minimum absolute atomic E-state index is 0. The number of carbonyl (C=O) groups excluding carboxylic acids is 1. The Kier molecular flexibility index (Phi) is 10.4. The zero-order valence-corrected chi connectivity index (χ0v) is 22.4. The van der Waals surface area contributed by atoms with Gasteiger partial charge in [-0.2, -0.15) is 0 Å². The van der Waals surface area contributed by atoms with Crippen LogP contribution in [0.1, 0.15) is 21.5 Å². The van der Waals surface area contributed by atoms with Gasteiger partial charge in [-0.3, -0.25) is 14.6 Å². The summed E-state index contributed by atoms with van der Waals surface area (Å²) in [7, 11) is 1.63. The number of rotatable bonds is 8. The van der Waals surface area contributed by atoms with Crippen molar-refractivity contribution in [2.45, 2.75) is 6.54 Å². The van der Waals surface area contributed by atoms with Gasteiger partial charge in [0.1, 0.15) is 23.9 Å². The number of ether oxygens (including phenoxy) is 3. The van der Waals surface area contributed by atoms with Gasteiger partial charge in [-0.05, 0) is 41.5 Å². The molecule has 5 rings (SSSR count). The van der Waals surface area contributed by atoms with E-state index in [9.17, 15) is 4.79 Å². The summed E-state index contributed by atoms with van der Waals surface area (Å²) in [4.78, 5) is 17.7. The molecule has 0 unspecified atom stereocenters. The lowest BCUT2D eigenvalue weighted by Crippen LogP contribution is -2.47. The van der Waals surface area contributed by atoms with Crippen molar-refractivity contribution >= 4 is 36.7 Å². The van der Waals surface area contributed by atoms with Gasteiger partial charge in [0.2, 0.25) is 5.78 Å². The molecule has 0 bridgehead atoms. The molecule has 1 saturated heterocycles. The number of nitrogens with zero attached hydrogens (tertiary/aromatic N) is 2. The summed E-state index contributed by atoms with van der Waals surface area (Å²) >= 11 is 0. The van der Waals surface area contributed by atoms with Crippen molar-refractivity contribution in [3.8, 4) is 17.2 Å². The van der Waals surface area contributed by atoms with Gasteiger partial charge in [-0.25, -0.2) is 0 Å². The molecular weight excluding hydrogens is 511 g/mol. The van der Waals surface area contributed by atoms with Gasteiger partial charge in [0.15, 0.2) is 5.76 Å². The summed E-state index contributed by atoms with van der Waals surface area (Å²) in [6.07, 6.45) is 1.75. The number of hydrogen-bond donors (Lipinski definition) is 0. The number of Topliss-reactive ketones (excluding diaryl/α,β-unsaturated/α-hetero) is 1. The molecule has 0 N–H and O–H groups in total. The molecule has 2 aliphatic heterocycles. The van der Waals surface area contributed by atoms with Gasteiger partial charge in [-0.1, -0.05) is 42.5 Å². The van der Waals surface area contributed by atoms with Crippen LogP contribution in [-0.2, 0) is 6.54 Å². The third kappa shape index (κ3) is 7.27. The molecule has 0 spiro atoms. The number of benzene rings is 3. The molecule has 196 valence electrons. The Morgan fingerprint density at radius 1 is 0.865 bits per heavy atom. The first-order chi connectivity index (χ1) is 17.2. The monoisotopic (exact) mass is 542 g/mol. The lowest BCUT2D eigenvalue weighted by Gasteiger charge is -2.34. The fourth-order valence-electron chi connectivity index (χ4n) is 4.41. The predicted octanol–water partition coefficient (Wildman–Crippen LogP) is 5.35. The number of piperazine rings is 1. The quantitative estimate of drug-likeness (QED) is 0.357. The molecule has 0 radical (unpaired) electrons. The Bertz CT molecular complexity index is 1190. The van der Waals surface area contributed by atoms with Gasteiger partial charge in [0.05, 0.1) is 12.7 Å². The Balaban J connectivity index is 0.00000190. The third-order valence-corrected chi connectivity index (χ3v) is 6.45. The zero-order chi connectivity index (χ0) is 24.0. The largest absolute Gasteiger partial charge is 0.497 e. The standard InChI is InChI=1S/C29H30N2O4.2ClH/c1-33-24-9-7-22(8-10-24)19-28-29(32)26-12-11-25(20-27(26)35-28)34-18-17-30-13-15-31(16-14-30)21-23-5-3-2-4-6-23;;/h2-12,19-20H,13-18,21H2,1H3;2*1H/b28-19-;;. The number of halogens is 2. The second-order valence-electron chi connectivity index (χ2n) is 8.82. The molecule has 3 aromatic rings. The van der Waals surface area contributed by atoms with Crippen molar-refractivity contribution in [3.63, 3.8) is 0 Å². The van der Waals surface area contributed by atoms with Crippen molar-refractivity contribution in [1.29, 1.82) is 0 Å². The van der Waals surface area contributed by atoms with Crippen molar-refractivity contribution in [2.24, 2.45) is 0 Å². The van der Waals surface area contributed by atoms with Gasteiger partial charge in [0, 0.05) is 45.3 Å². The SMILES string of the molecule is COc1ccc(/C=C2\Oc3cc(OCCN4CCN(Cc5ccccc5)CC4)ccc3C2=O)cc1.Cl.Cl. The van der Waals surface area contributed by atoms with Crippen LogP contribution < -0.4 is 14.2 Å². The number of methoxy groups -OCH3 is 1. The van der Waals surface area contributed by atoms with Gasteiger partial charge in [0.25, 0.3) is 0 Å². The van der Waals surface area contributed by atoms with Crippen LogP contribution in [0, 0.1) is 0 Å². The molecule has 2 heterocycles. The van der Waals surface area contributed by atoms with Crippen LogP contribution >= 0.6 is 24.8 Å². The van der Waals surface area contributed by atoms with E-state index in [1.165, 1.54) is 5.56 Å². The summed E-state index contributed by atoms with van der Waals surface area (Å²) in [5.41, 5.74) is 2.80. The molecule has 0 atom stereocenters. The van der Waals surface area contributed by atoms with Crippen molar-refractivity contribution in [1.82, 2.24) is 9.80 Å². The van der Waals surface area contributed by atoms with E-state index in [-0.39, 0.29) is 30.6 Å². The number of fused-ring (bicyclic) bond motifs is 1. The summed E-state index contributed by atoms with van der Waals surface area (Å²) in [6, 6.07) is 23.5. The lowest BCUT2D eigenvalue weighted by atomic mass is 10.1. The van der Waals surface area contributed by atoms with Crippen molar-refractivity contribution in [2.75, 3.05) is 46.4 Å². The third-order valence-electron chi connectivity index (χ3n) is 6.45. The van der Waals surface area contributed by atoms with Gasteiger partial charge >= 0.3 is 0 Å². The first kappa shape index (κ1) is 28.5. The summed E-state index contributed by atoms with van der Waals surface area (Å²) in [5.74, 6) is 2.23. The minimum Gasteiger partial charge on any atom is -0.497 e. The Hall–Kier alpha value is -3.03. The van der Waals surface area contributed by atoms with Crippen LogP contribution in [0.25, 0.3) is 6.08 Å². The van der Waals surface area contributed by atoms with Gasteiger partial charge in [-0.15, -0.1) is 24.8 Å². The average molecular weight is 543 g/mol. The molecule has 8 heteroatoms. The number of allylic oxidation sites excluding steroid dienone is 1. The first-order valence-corrected chi connectivity index (χ1v) is 12.0. The van der Waals surface area contributed by atoms with E-state index in [1.807, 2.05) is 30.3 Å². The smallest absolute Gasteiger partial charge is 0.231 e. The average Bonchev–Trinajstić information content (AvgIpc) is 3.20. The van der Waals surface area contributed by atoms with Crippen LogP contribution in [0.2, 0.25) is 0 Å². The highest BCUT2D eigenvalue weighted by atomic mass is 35.5. The van der Waals surface area contributed by atoms with E-state index in [4.69, 9.17) is 14.2 Å². The molecule has 0 amide bonds. The van der Waals surface area contributed by atoms with Crippen molar-refractivity contribution < 1.29 is 19.0 Å². The first-order valence-electron chi connectivity index (χ1n) is 12.0. The van der Waals surface area contributed by atoms with E-state index in [0.29, 0.717) is 29.4 Å². The highest BCUT2D eigenvalue weighted by Crippen LogP contribution is 2.35. The van der Waals surface area contributed by atoms with Crippen molar-refractivity contribution in [3.05, 3.63) is 95.2 Å². The van der Waals surface area contributed by atoms with E-state index in [1.54, 1.807) is 25.3 Å². The highest BCUT2D eigenvalue weighted by Gasteiger charge is 2.27.